The van der Waals surface area contributed by atoms with E-state index >= 15 is 0 Å². The molecular weight excluding hydrogens is 180 g/mol. The summed E-state index contributed by atoms with van der Waals surface area (Å²) in [6, 6.07) is 8.76. The van der Waals surface area contributed by atoms with Crippen molar-refractivity contribution in [2.24, 2.45) is 0 Å². The van der Waals surface area contributed by atoms with Crippen LogP contribution in [0.3, 0.4) is 0 Å². The van der Waals surface area contributed by atoms with Crippen molar-refractivity contribution in [2.75, 3.05) is 0 Å². The largest absolute Gasteiger partial charge is 0.491 e. The maximum Gasteiger partial charge on any atom is 0.250 e. The fourth-order valence-corrected chi connectivity index (χ4v) is 1.09. The van der Waals surface area contributed by atoms with E-state index in [4.69, 9.17) is 14.8 Å². The lowest BCUT2D eigenvalue weighted by molar-refractivity contribution is 0.448. The molecule has 0 bridgehead atoms. The number of hydrogen-bond donors (Lipinski definition) is 1. The van der Waals surface area contributed by atoms with Gasteiger partial charge in [0.05, 0.1) is 11.6 Å². The van der Waals surface area contributed by atoms with Gasteiger partial charge in [0, 0.05) is 5.56 Å². The van der Waals surface area contributed by atoms with Crippen LogP contribution in [-0.4, -0.2) is 10.1 Å². The van der Waals surface area contributed by atoms with Gasteiger partial charge in [-0.1, -0.05) is 0 Å². The molecule has 0 aliphatic heterocycles. The SMILES string of the molecule is N#Cc1ccc(-c2nc(O)co2)cc1. The standard InChI is InChI=1S/C10H6N2O2/c11-5-7-1-3-8(4-2-7)10-12-9(13)6-14-10/h1-4,6,13H. The van der Waals surface area contributed by atoms with E-state index in [2.05, 4.69) is 4.98 Å². The zero-order chi connectivity index (χ0) is 9.97. The Morgan fingerprint density at radius 2 is 2.00 bits per heavy atom. The molecule has 4 heteroatoms. The van der Waals surface area contributed by atoms with E-state index in [0.29, 0.717) is 11.5 Å². The first-order valence-corrected chi connectivity index (χ1v) is 3.94. The van der Waals surface area contributed by atoms with Crippen molar-refractivity contribution in [3.63, 3.8) is 0 Å². The first kappa shape index (κ1) is 8.32. The molecule has 0 unspecified atom stereocenters. The highest BCUT2D eigenvalue weighted by Crippen LogP contribution is 2.20. The molecule has 0 atom stereocenters. The first-order valence-electron chi connectivity index (χ1n) is 3.94. The molecule has 2 rings (SSSR count). The number of benzene rings is 1. The van der Waals surface area contributed by atoms with Gasteiger partial charge in [0.25, 0.3) is 5.88 Å². The Labute approximate surface area is 80.1 Å². The third kappa shape index (κ3) is 1.43. The third-order valence-corrected chi connectivity index (χ3v) is 1.75. The minimum atomic E-state index is -0.149. The van der Waals surface area contributed by atoms with Gasteiger partial charge in [0.2, 0.25) is 5.89 Å². The van der Waals surface area contributed by atoms with Crippen LogP contribution in [0.5, 0.6) is 5.88 Å². The topological polar surface area (TPSA) is 70.0 Å². The Kier molecular flexibility index (Phi) is 1.92. The fraction of sp³-hybridized carbons (Fsp3) is 0. The number of hydrogen-bond acceptors (Lipinski definition) is 4. The second kappa shape index (κ2) is 3.23. The van der Waals surface area contributed by atoms with Gasteiger partial charge in [-0.3, -0.25) is 0 Å². The highest BCUT2D eigenvalue weighted by molar-refractivity contribution is 5.55. The predicted molar refractivity (Wildman–Crippen MR) is 48.3 cm³/mol. The molecule has 68 valence electrons. The zero-order valence-corrected chi connectivity index (χ0v) is 7.14. The molecule has 4 nitrogen and oxygen atoms in total. The van der Waals surface area contributed by atoms with Crippen molar-refractivity contribution in [3.8, 4) is 23.4 Å². The summed E-state index contributed by atoms with van der Waals surface area (Å²) in [4.78, 5) is 3.74. The minimum Gasteiger partial charge on any atom is -0.491 e. The Hall–Kier alpha value is -2.28. The maximum atomic E-state index is 8.96. The number of rotatable bonds is 1. The van der Waals surface area contributed by atoms with Gasteiger partial charge in [0.15, 0.2) is 6.26 Å². The van der Waals surface area contributed by atoms with Gasteiger partial charge < -0.3 is 9.52 Å². The van der Waals surface area contributed by atoms with Gasteiger partial charge in [-0.15, -0.1) is 0 Å². The van der Waals surface area contributed by atoms with Crippen molar-refractivity contribution in [1.29, 1.82) is 5.26 Å². The average molecular weight is 186 g/mol. The van der Waals surface area contributed by atoms with Crippen molar-refractivity contribution < 1.29 is 9.52 Å². The molecular formula is C10H6N2O2. The molecule has 1 N–H and O–H groups in total. The zero-order valence-electron chi connectivity index (χ0n) is 7.14. The molecule has 0 spiro atoms. The minimum absolute atomic E-state index is 0.149. The summed E-state index contributed by atoms with van der Waals surface area (Å²) < 4.78 is 4.98. The van der Waals surface area contributed by atoms with Gasteiger partial charge in [0.1, 0.15) is 0 Å². The highest BCUT2D eigenvalue weighted by Gasteiger charge is 2.04. The Morgan fingerprint density at radius 1 is 1.29 bits per heavy atom. The molecule has 0 amide bonds. The van der Waals surface area contributed by atoms with E-state index in [1.807, 2.05) is 6.07 Å². The maximum absolute atomic E-state index is 8.96. The second-order valence-electron chi connectivity index (χ2n) is 2.70. The van der Waals surface area contributed by atoms with E-state index in [0.717, 1.165) is 11.8 Å². The molecule has 1 heterocycles. The van der Waals surface area contributed by atoms with E-state index in [9.17, 15) is 0 Å². The van der Waals surface area contributed by atoms with Gasteiger partial charge in [-0.2, -0.15) is 10.2 Å². The first-order chi connectivity index (χ1) is 6.79. The van der Waals surface area contributed by atoms with Crippen LogP contribution in [0.1, 0.15) is 5.56 Å². The normalized spacial score (nSPS) is 9.64. The molecule has 14 heavy (non-hydrogen) atoms. The summed E-state index contributed by atoms with van der Waals surface area (Å²) in [6.45, 7) is 0. The molecule has 0 saturated heterocycles. The van der Waals surface area contributed by atoms with Gasteiger partial charge >= 0.3 is 0 Å². The number of nitriles is 1. The van der Waals surface area contributed by atoms with Crippen LogP contribution in [0, 0.1) is 11.3 Å². The highest BCUT2D eigenvalue weighted by atomic mass is 16.4. The van der Waals surface area contributed by atoms with E-state index in [1.165, 1.54) is 0 Å². The van der Waals surface area contributed by atoms with Crippen LogP contribution in [0.4, 0.5) is 0 Å². The van der Waals surface area contributed by atoms with Crippen molar-refractivity contribution in [3.05, 3.63) is 36.1 Å². The van der Waals surface area contributed by atoms with Crippen LogP contribution < -0.4 is 0 Å². The lowest BCUT2D eigenvalue weighted by Gasteiger charge is -1.93. The molecule has 0 radical (unpaired) electrons. The smallest absolute Gasteiger partial charge is 0.250 e. The molecule has 1 aromatic heterocycles. The fourth-order valence-electron chi connectivity index (χ4n) is 1.09. The van der Waals surface area contributed by atoms with Crippen molar-refractivity contribution in [1.82, 2.24) is 4.98 Å². The van der Waals surface area contributed by atoms with Crippen LogP contribution in [0.15, 0.2) is 34.9 Å². The molecule has 0 aliphatic carbocycles. The molecule has 1 aromatic carbocycles. The summed E-state index contributed by atoms with van der Waals surface area (Å²) >= 11 is 0. The van der Waals surface area contributed by atoms with E-state index in [-0.39, 0.29) is 5.88 Å². The van der Waals surface area contributed by atoms with E-state index < -0.39 is 0 Å². The Morgan fingerprint density at radius 3 is 2.50 bits per heavy atom. The molecule has 0 saturated carbocycles. The molecule has 0 fully saturated rings. The molecule has 0 aliphatic rings. The van der Waals surface area contributed by atoms with Crippen LogP contribution in [0.25, 0.3) is 11.5 Å². The van der Waals surface area contributed by atoms with E-state index in [1.54, 1.807) is 24.3 Å². The van der Waals surface area contributed by atoms with Gasteiger partial charge in [-0.25, -0.2) is 0 Å². The Bertz CT molecular complexity index is 480. The lowest BCUT2D eigenvalue weighted by Crippen LogP contribution is -1.78. The summed E-state index contributed by atoms with van der Waals surface area (Å²) in [6.07, 6.45) is 1.16. The summed E-state index contributed by atoms with van der Waals surface area (Å²) in [5.41, 5.74) is 1.30. The quantitative estimate of drug-likeness (QED) is 0.738. The number of aromatic nitrogens is 1. The van der Waals surface area contributed by atoms with Crippen LogP contribution in [0.2, 0.25) is 0 Å². The monoisotopic (exact) mass is 186 g/mol. The van der Waals surface area contributed by atoms with Crippen molar-refractivity contribution in [2.45, 2.75) is 0 Å². The summed E-state index contributed by atoms with van der Waals surface area (Å²) in [5.74, 6) is 0.191. The molecule has 2 aromatic rings. The lowest BCUT2D eigenvalue weighted by atomic mass is 10.1. The van der Waals surface area contributed by atoms with Gasteiger partial charge in [-0.05, 0) is 24.3 Å². The van der Waals surface area contributed by atoms with Crippen LogP contribution in [-0.2, 0) is 0 Å². The number of nitrogens with zero attached hydrogens (tertiary/aromatic N) is 2. The summed E-state index contributed by atoms with van der Waals surface area (Å²) in [5, 5.41) is 17.5. The predicted octanol–water partition coefficient (Wildman–Crippen LogP) is 1.92. The second-order valence-corrected chi connectivity index (χ2v) is 2.70. The van der Waals surface area contributed by atoms with Crippen molar-refractivity contribution >= 4 is 0 Å². The number of oxazole rings is 1. The third-order valence-electron chi connectivity index (χ3n) is 1.75. The number of aromatic hydroxyl groups is 1. The average Bonchev–Trinajstić information content (AvgIpc) is 2.65. The summed E-state index contributed by atoms with van der Waals surface area (Å²) in [7, 11) is 0. The van der Waals surface area contributed by atoms with Crippen LogP contribution >= 0.6 is 0 Å². The Balaban J connectivity index is 2.39.